The largest absolute Gasteiger partial charge is 0.480 e. The number of hydrogen-bond donors (Lipinski definition) is 2. The lowest BCUT2D eigenvalue weighted by Crippen LogP contribution is -2.33. The number of hydroxylamine groups is 1. The van der Waals surface area contributed by atoms with E-state index in [9.17, 15) is 4.79 Å². The smallest absolute Gasteiger partial charge is 0.322 e. The molecule has 0 spiro atoms. The van der Waals surface area contributed by atoms with Gasteiger partial charge in [0.15, 0.2) is 0 Å². The van der Waals surface area contributed by atoms with Crippen LogP contribution in [0, 0.1) is 0 Å². The van der Waals surface area contributed by atoms with Crippen LogP contribution in [0.5, 0.6) is 0 Å². The Hall–Kier alpha value is -1.10. The molecule has 1 rings (SSSR count). The molecule has 0 bridgehead atoms. The van der Waals surface area contributed by atoms with Gasteiger partial charge in [-0.3, -0.25) is 9.63 Å². The van der Waals surface area contributed by atoms with Crippen molar-refractivity contribution >= 4 is 18.4 Å². The lowest BCUT2D eigenvalue weighted by Gasteiger charge is -2.08. The minimum Gasteiger partial charge on any atom is -0.480 e. The van der Waals surface area contributed by atoms with Gasteiger partial charge in [-0.25, -0.2) is 0 Å². The van der Waals surface area contributed by atoms with Crippen LogP contribution in [0.3, 0.4) is 0 Å². The van der Waals surface area contributed by atoms with Gasteiger partial charge in [0.1, 0.15) is 6.04 Å². The average molecular weight is 232 g/mol. The monoisotopic (exact) mass is 231 g/mol. The van der Waals surface area contributed by atoms with Gasteiger partial charge in [0.05, 0.1) is 6.61 Å². The van der Waals surface area contributed by atoms with Crippen LogP contribution in [-0.2, 0) is 16.2 Å². The Balaban J connectivity index is 0.00000196. The van der Waals surface area contributed by atoms with Crippen molar-refractivity contribution in [1.29, 1.82) is 0 Å². The summed E-state index contributed by atoms with van der Waals surface area (Å²) in [6.07, 6.45) is 0. The lowest BCUT2D eigenvalue weighted by atomic mass is 10.2. The van der Waals surface area contributed by atoms with Gasteiger partial charge >= 0.3 is 5.97 Å². The second-order valence-corrected chi connectivity index (χ2v) is 2.95. The molecule has 0 aliphatic carbocycles. The first-order valence-corrected chi connectivity index (χ1v) is 4.34. The third-order valence-electron chi connectivity index (χ3n) is 1.71. The molecule has 0 radical (unpaired) electrons. The van der Waals surface area contributed by atoms with Crippen LogP contribution in [0.2, 0.25) is 0 Å². The van der Waals surface area contributed by atoms with Crippen molar-refractivity contribution in [2.75, 3.05) is 0 Å². The van der Waals surface area contributed by atoms with Crippen molar-refractivity contribution in [3.63, 3.8) is 0 Å². The van der Waals surface area contributed by atoms with Crippen molar-refractivity contribution in [2.45, 2.75) is 19.6 Å². The maximum absolute atomic E-state index is 10.4. The van der Waals surface area contributed by atoms with Crippen LogP contribution in [-0.4, -0.2) is 17.1 Å². The van der Waals surface area contributed by atoms with Gasteiger partial charge in [-0.1, -0.05) is 30.3 Å². The number of carbonyl (C=O) groups is 1. The van der Waals surface area contributed by atoms with Gasteiger partial charge in [0.25, 0.3) is 0 Å². The van der Waals surface area contributed by atoms with Crippen LogP contribution < -0.4 is 5.48 Å². The second kappa shape index (κ2) is 7.23. The zero-order valence-corrected chi connectivity index (χ0v) is 9.16. The Labute approximate surface area is 94.6 Å². The topological polar surface area (TPSA) is 58.6 Å². The zero-order chi connectivity index (χ0) is 10.4. The fourth-order valence-electron chi connectivity index (χ4n) is 0.875. The summed E-state index contributed by atoms with van der Waals surface area (Å²) in [7, 11) is 0. The van der Waals surface area contributed by atoms with Crippen molar-refractivity contribution < 1.29 is 14.7 Å². The summed E-state index contributed by atoms with van der Waals surface area (Å²) in [6.45, 7) is 1.88. The summed E-state index contributed by atoms with van der Waals surface area (Å²) in [5, 5.41) is 8.54. The molecule has 0 aromatic heterocycles. The van der Waals surface area contributed by atoms with Crippen LogP contribution in [0.1, 0.15) is 12.5 Å². The molecular weight excluding hydrogens is 218 g/mol. The van der Waals surface area contributed by atoms with E-state index in [2.05, 4.69) is 5.48 Å². The first-order valence-electron chi connectivity index (χ1n) is 4.34. The minimum atomic E-state index is -0.932. The van der Waals surface area contributed by atoms with Crippen molar-refractivity contribution in [3.8, 4) is 0 Å². The third kappa shape index (κ3) is 5.37. The average Bonchev–Trinajstić information content (AvgIpc) is 2.19. The third-order valence-corrected chi connectivity index (χ3v) is 1.71. The molecule has 1 aromatic carbocycles. The van der Waals surface area contributed by atoms with Crippen molar-refractivity contribution in [3.05, 3.63) is 35.9 Å². The van der Waals surface area contributed by atoms with E-state index in [1.54, 1.807) is 0 Å². The first-order chi connectivity index (χ1) is 6.70. The molecule has 0 unspecified atom stereocenters. The van der Waals surface area contributed by atoms with E-state index >= 15 is 0 Å². The predicted molar refractivity (Wildman–Crippen MR) is 58.7 cm³/mol. The molecule has 4 nitrogen and oxygen atoms in total. The summed E-state index contributed by atoms with van der Waals surface area (Å²) in [4.78, 5) is 15.4. The number of carboxylic acids is 1. The van der Waals surface area contributed by atoms with Gasteiger partial charge in [0.2, 0.25) is 0 Å². The Kier molecular flexibility index (Phi) is 6.70. The Bertz CT molecular complexity index is 292. The fourth-order valence-corrected chi connectivity index (χ4v) is 0.875. The number of hydrogen-bond acceptors (Lipinski definition) is 3. The molecule has 1 atom stereocenters. The number of carboxylic acid groups (broad SMARTS) is 1. The predicted octanol–water partition coefficient (Wildman–Crippen LogP) is 1.60. The van der Waals surface area contributed by atoms with Gasteiger partial charge in [-0.05, 0) is 12.5 Å². The number of nitrogens with one attached hydrogen (secondary N) is 1. The first kappa shape index (κ1) is 13.9. The molecule has 0 fully saturated rings. The summed E-state index contributed by atoms with van der Waals surface area (Å²) < 4.78 is 0. The molecule has 0 amide bonds. The van der Waals surface area contributed by atoms with Gasteiger partial charge in [0, 0.05) is 0 Å². The second-order valence-electron chi connectivity index (χ2n) is 2.95. The highest BCUT2D eigenvalue weighted by atomic mass is 35.5. The molecular formula is C10H14ClNO3. The maximum Gasteiger partial charge on any atom is 0.322 e. The van der Waals surface area contributed by atoms with Crippen molar-refractivity contribution in [1.82, 2.24) is 5.48 Å². The molecule has 2 N–H and O–H groups in total. The van der Waals surface area contributed by atoms with Crippen LogP contribution in [0.4, 0.5) is 0 Å². The van der Waals surface area contributed by atoms with Gasteiger partial charge in [-0.15, -0.1) is 12.4 Å². The van der Waals surface area contributed by atoms with Gasteiger partial charge < -0.3 is 5.11 Å². The molecule has 0 aliphatic heterocycles. The highest BCUT2D eigenvalue weighted by Gasteiger charge is 2.09. The summed E-state index contributed by atoms with van der Waals surface area (Å²) in [6, 6.07) is 8.84. The summed E-state index contributed by atoms with van der Waals surface area (Å²) in [5.74, 6) is -0.932. The highest BCUT2D eigenvalue weighted by Crippen LogP contribution is 1.99. The van der Waals surface area contributed by atoms with E-state index in [-0.39, 0.29) is 12.4 Å². The van der Waals surface area contributed by atoms with Crippen molar-refractivity contribution in [2.24, 2.45) is 0 Å². The quantitative estimate of drug-likeness (QED) is 0.756. The van der Waals surface area contributed by atoms with E-state index in [0.29, 0.717) is 6.61 Å². The highest BCUT2D eigenvalue weighted by molar-refractivity contribution is 5.85. The fraction of sp³-hybridized carbons (Fsp3) is 0.300. The number of rotatable bonds is 5. The SMILES string of the molecule is C[C@H](NOCc1ccccc1)C(=O)O.Cl. The van der Waals surface area contributed by atoms with Crippen LogP contribution in [0.15, 0.2) is 30.3 Å². The molecule has 0 saturated heterocycles. The summed E-state index contributed by atoms with van der Waals surface area (Å²) >= 11 is 0. The molecule has 0 heterocycles. The van der Waals surface area contributed by atoms with E-state index in [1.807, 2.05) is 30.3 Å². The Morgan fingerprint density at radius 3 is 2.60 bits per heavy atom. The van der Waals surface area contributed by atoms with E-state index < -0.39 is 12.0 Å². The van der Waals surface area contributed by atoms with Crippen LogP contribution >= 0.6 is 12.4 Å². The van der Waals surface area contributed by atoms with Gasteiger partial charge in [-0.2, -0.15) is 5.48 Å². The molecule has 15 heavy (non-hydrogen) atoms. The molecule has 84 valence electrons. The summed E-state index contributed by atoms with van der Waals surface area (Å²) in [5.41, 5.74) is 3.43. The number of aliphatic carboxylic acids is 1. The minimum absolute atomic E-state index is 0. The molecule has 1 aromatic rings. The van der Waals surface area contributed by atoms with Crippen LogP contribution in [0.25, 0.3) is 0 Å². The molecule has 0 aliphatic rings. The maximum atomic E-state index is 10.4. The van der Waals surface area contributed by atoms with E-state index in [0.717, 1.165) is 5.56 Å². The number of benzene rings is 1. The molecule has 0 saturated carbocycles. The number of halogens is 1. The Morgan fingerprint density at radius 2 is 2.07 bits per heavy atom. The zero-order valence-electron chi connectivity index (χ0n) is 8.34. The van der Waals surface area contributed by atoms with E-state index in [4.69, 9.17) is 9.94 Å². The standard InChI is InChI=1S/C10H13NO3.ClH/c1-8(10(12)13)11-14-7-9-5-3-2-4-6-9;/h2-6,8,11H,7H2,1H3,(H,12,13);1H/t8-;/m0./s1. The lowest BCUT2D eigenvalue weighted by molar-refractivity contribution is -0.143. The van der Waals surface area contributed by atoms with E-state index in [1.165, 1.54) is 6.92 Å². The normalized spacial score (nSPS) is 11.5. The Morgan fingerprint density at radius 1 is 1.47 bits per heavy atom. The molecule has 5 heteroatoms.